The second-order valence-corrected chi connectivity index (χ2v) is 8.99. The number of aromatic nitrogens is 2. The zero-order valence-electron chi connectivity index (χ0n) is 19.0. The Bertz CT molecular complexity index is 1150. The lowest BCUT2D eigenvalue weighted by molar-refractivity contribution is 0.204. The van der Waals surface area contributed by atoms with Crippen LogP contribution >= 0.6 is 0 Å². The molecule has 0 saturated carbocycles. The predicted octanol–water partition coefficient (Wildman–Crippen LogP) is 6.54. The zero-order chi connectivity index (χ0) is 21.9. The van der Waals surface area contributed by atoms with Gasteiger partial charge in [0.15, 0.2) is 0 Å². The summed E-state index contributed by atoms with van der Waals surface area (Å²) in [5.74, 6) is 1.64. The van der Waals surface area contributed by atoms with Gasteiger partial charge in [-0.05, 0) is 81.1 Å². The predicted molar refractivity (Wildman–Crippen MR) is 132 cm³/mol. The highest BCUT2D eigenvalue weighted by molar-refractivity contribution is 5.60. The average molecular weight is 422 g/mol. The van der Waals surface area contributed by atoms with Gasteiger partial charge in [-0.15, -0.1) is 0 Å². The van der Waals surface area contributed by atoms with Gasteiger partial charge in [-0.25, -0.2) is 4.98 Å². The van der Waals surface area contributed by atoms with Gasteiger partial charge in [0.25, 0.3) is 0 Å². The molecule has 0 unspecified atom stereocenters. The molecule has 1 aliphatic heterocycles. The van der Waals surface area contributed by atoms with Crippen molar-refractivity contribution in [3.05, 3.63) is 107 Å². The van der Waals surface area contributed by atoms with Crippen molar-refractivity contribution < 1.29 is 0 Å². The first-order chi connectivity index (χ1) is 15.7. The molecule has 0 radical (unpaired) electrons. The van der Waals surface area contributed by atoms with Gasteiger partial charge in [0.2, 0.25) is 0 Å². The highest BCUT2D eigenvalue weighted by atomic mass is 15.1. The molecule has 0 amide bonds. The Balaban J connectivity index is 1.26. The van der Waals surface area contributed by atoms with Crippen molar-refractivity contribution in [2.75, 3.05) is 13.1 Å². The quantitative estimate of drug-likeness (QED) is 0.365. The van der Waals surface area contributed by atoms with E-state index in [2.05, 4.69) is 108 Å². The monoisotopic (exact) mass is 421 g/mol. The fourth-order valence-electron chi connectivity index (χ4n) is 4.93. The van der Waals surface area contributed by atoms with Crippen molar-refractivity contribution in [3.63, 3.8) is 0 Å². The first-order valence-corrected chi connectivity index (χ1v) is 11.7. The van der Waals surface area contributed by atoms with Crippen LogP contribution in [0.3, 0.4) is 0 Å². The minimum atomic E-state index is 0.653. The van der Waals surface area contributed by atoms with Crippen LogP contribution < -0.4 is 0 Å². The SMILES string of the molecule is Cc1ccc(C)n1-c1cccc(-c2ccc(C3CCN(Cc4ccccc4)CC3)cc2)n1. The molecular weight excluding hydrogens is 390 g/mol. The highest BCUT2D eigenvalue weighted by Gasteiger charge is 2.20. The molecule has 3 heterocycles. The molecule has 1 aliphatic rings. The summed E-state index contributed by atoms with van der Waals surface area (Å²) >= 11 is 0. The van der Waals surface area contributed by atoms with Gasteiger partial charge in [-0.3, -0.25) is 4.90 Å². The molecule has 1 saturated heterocycles. The first-order valence-electron chi connectivity index (χ1n) is 11.7. The van der Waals surface area contributed by atoms with Gasteiger partial charge < -0.3 is 4.57 Å². The topological polar surface area (TPSA) is 21.1 Å². The van der Waals surface area contributed by atoms with E-state index < -0.39 is 0 Å². The Labute approximate surface area is 191 Å². The summed E-state index contributed by atoms with van der Waals surface area (Å²) in [5, 5.41) is 0. The van der Waals surface area contributed by atoms with E-state index in [0.717, 1.165) is 18.1 Å². The van der Waals surface area contributed by atoms with Crippen molar-refractivity contribution in [3.8, 4) is 17.1 Å². The highest BCUT2D eigenvalue weighted by Crippen LogP contribution is 2.30. The molecule has 0 spiro atoms. The Morgan fingerprint density at radius 3 is 2.12 bits per heavy atom. The summed E-state index contributed by atoms with van der Waals surface area (Å²) in [6.07, 6.45) is 2.46. The van der Waals surface area contributed by atoms with Gasteiger partial charge in [0.05, 0.1) is 5.69 Å². The van der Waals surface area contributed by atoms with Crippen LogP contribution in [0.1, 0.15) is 41.3 Å². The summed E-state index contributed by atoms with van der Waals surface area (Å²) in [4.78, 5) is 7.54. The Kier molecular flexibility index (Phi) is 5.91. The molecule has 3 heteroatoms. The van der Waals surface area contributed by atoms with E-state index in [1.807, 2.05) is 0 Å². The lowest BCUT2D eigenvalue weighted by Gasteiger charge is -2.32. The number of aryl methyl sites for hydroxylation is 2. The molecule has 32 heavy (non-hydrogen) atoms. The van der Waals surface area contributed by atoms with E-state index in [9.17, 15) is 0 Å². The first kappa shape index (κ1) is 20.7. The van der Waals surface area contributed by atoms with Crippen LogP contribution in [0.2, 0.25) is 0 Å². The van der Waals surface area contributed by atoms with Crippen LogP contribution in [0.5, 0.6) is 0 Å². The van der Waals surface area contributed by atoms with Gasteiger partial charge in [-0.2, -0.15) is 0 Å². The van der Waals surface area contributed by atoms with E-state index in [-0.39, 0.29) is 0 Å². The summed E-state index contributed by atoms with van der Waals surface area (Å²) in [5.41, 5.74) is 7.50. The molecule has 4 aromatic rings. The second kappa shape index (κ2) is 9.13. The molecule has 0 atom stereocenters. The number of piperidine rings is 1. The third-order valence-corrected chi connectivity index (χ3v) is 6.75. The molecular formula is C29H31N3. The maximum atomic E-state index is 4.96. The third kappa shape index (κ3) is 4.39. The summed E-state index contributed by atoms with van der Waals surface area (Å²) in [6.45, 7) is 7.65. The Hall–Kier alpha value is -3.17. The van der Waals surface area contributed by atoms with Gasteiger partial charge in [0, 0.05) is 23.5 Å². The van der Waals surface area contributed by atoms with Gasteiger partial charge >= 0.3 is 0 Å². The molecule has 1 fully saturated rings. The molecule has 5 rings (SSSR count). The minimum absolute atomic E-state index is 0.653. The number of likely N-dealkylation sites (tertiary alicyclic amines) is 1. The minimum Gasteiger partial charge on any atom is -0.303 e. The van der Waals surface area contributed by atoms with E-state index in [4.69, 9.17) is 4.98 Å². The number of benzene rings is 2. The number of rotatable bonds is 5. The molecule has 0 bridgehead atoms. The van der Waals surface area contributed by atoms with Crippen molar-refractivity contribution in [2.24, 2.45) is 0 Å². The summed E-state index contributed by atoms with van der Waals surface area (Å²) < 4.78 is 2.21. The van der Waals surface area contributed by atoms with Gasteiger partial charge in [-0.1, -0.05) is 60.7 Å². The van der Waals surface area contributed by atoms with Crippen molar-refractivity contribution in [1.82, 2.24) is 14.5 Å². The molecule has 2 aromatic heterocycles. The van der Waals surface area contributed by atoms with Gasteiger partial charge in [0.1, 0.15) is 5.82 Å². The van der Waals surface area contributed by atoms with E-state index in [1.54, 1.807) is 0 Å². The van der Waals surface area contributed by atoms with Crippen LogP contribution in [-0.2, 0) is 6.54 Å². The fourth-order valence-corrected chi connectivity index (χ4v) is 4.93. The smallest absolute Gasteiger partial charge is 0.137 e. The lowest BCUT2D eigenvalue weighted by atomic mass is 9.88. The molecule has 0 N–H and O–H groups in total. The maximum absolute atomic E-state index is 4.96. The lowest BCUT2D eigenvalue weighted by Crippen LogP contribution is -2.32. The third-order valence-electron chi connectivity index (χ3n) is 6.75. The van der Waals surface area contributed by atoms with Crippen LogP contribution in [-0.4, -0.2) is 27.5 Å². The Morgan fingerprint density at radius 2 is 1.44 bits per heavy atom. The number of hydrogen-bond donors (Lipinski definition) is 0. The van der Waals surface area contributed by atoms with Crippen molar-refractivity contribution >= 4 is 0 Å². The zero-order valence-corrected chi connectivity index (χ0v) is 19.0. The van der Waals surface area contributed by atoms with Crippen LogP contribution in [0, 0.1) is 13.8 Å². The summed E-state index contributed by atoms with van der Waals surface area (Å²) in [7, 11) is 0. The second-order valence-electron chi connectivity index (χ2n) is 8.99. The Morgan fingerprint density at radius 1 is 0.750 bits per heavy atom. The van der Waals surface area contributed by atoms with Crippen molar-refractivity contribution in [1.29, 1.82) is 0 Å². The van der Waals surface area contributed by atoms with E-state index in [1.165, 1.54) is 54.0 Å². The summed E-state index contributed by atoms with van der Waals surface area (Å²) in [6, 6.07) is 30.5. The number of nitrogens with zero attached hydrogens (tertiary/aromatic N) is 3. The van der Waals surface area contributed by atoms with Crippen LogP contribution in [0.15, 0.2) is 84.9 Å². The molecule has 162 valence electrons. The van der Waals surface area contributed by atoms with Crippen LogP contribution in [0.4, 0.5) is 0 Å². The molecule has 0 aliphatic carbocycles. The normalized spacial score (nSPS) is 15.2. The number of pyridine rings is 1. The number of hydrogen-bond acceptors (Lipinski definition) is 2. The van der Waals surface area contributed by atoms with E-state index >= 15 is 0 Å². The average Bonchev–Trinajstić information content (AvgIpc) is 3.18. The fraction of sp³-hybridized carbons (Fsp3) is 0.276. The maximum Gasteiger partial charge on any atom is 0.137 e. The largest absolute Gasteiger partial charge is 0.303 e. The van der Waals surface area contributed by atoms with Crippen LogP contribution in [0.25, 0.3) is 17.1 Å². The molecule has 3 nitrogen and oxygen atoms in total. The standard InChI is InChI=1S/C29H31N3/c1-22-11-12-23(2)32(22)29-10-6-9-28(30-29)27-15-13-25(14-16-27)26-17-19-31(20-18-26)21-24-7-4-3-5-8-24/h3-16,26H,17-21H2,1-2H3. The van der Waals surface area contributed by atoms with Crippen molar-refractivity contribution in [2.45, 2.75) is 39.2 Å². The molecule has 2 aromatic carbocycles. The van der Waals surface area contributed by atoms with E-state index in [0.29, 0.717) is 5.92 Å².